The van der Waals surface area contributed by atoms with Gasteiger partial charge < -0.3 is 10.4 Å². The van der Waals surface area contributed by atoms with Gasteiger partial charge in [0, 0.05) is 6.04 Å². The van der Waals surface area contributed by atoms with E-state index in [1.165, 1.54) is 11.1 Å². The van der Waals surface area contributed by atoms with Gasteiger partial charge in [0.25, 0.3) is 0 Å². The summed E-state index contributed by atoms with van der Waals surface area (Å²) in [6.07, 6.45) is 1.02. The smallest absolute Gasteiger partial charge is 0.115 e. The van der Waals surface area contributed by atoms with Crippen molar-refractivity contribution in [3.05, 3.63) is 29.3 Å². The quantitative estimate of drug-likeness (QED) is 0.733. The zero-order chi connectivity index (χ0) is 8.55. The Bertz CT molecular complexity index is 301. The highest BCUT2D eigenvalue weighted by Crippen LogP contribution is 2.25. The standard InChI is InChI=1S/C10H13NO.BrH/c1-7-10-3-2-9(12)6-8(10)4-5-11-7;/h2-3,6-7,11-12H,4-5H2,1H3;1H/t7-;/m1./s1. The summed E-state index contributed by atoms with van der Waals surface area (Å²) in [6.45, 7) is 3.16. The van der Waals surface area contributed by atoms with Crippen LogP contribution < -0.4 is 5.32 Å². The lowest BCUT2D eigenvalue weighted by Gasteiger charge is -2.23. The van der Waals surface area contributed by atoms with E-state index in [9.17, 15) is 5.11 Å². The van der Waals surface area contributed by atoms with Crippen molar-refractivity contribution in [2.24, 2.45) is 0 Å². The third-order valence-corrected chi connectivity index (χ3v) is 2.44. The molecule has 0 aromatic heterocycles. The van der Waals surface area contributed by atoms with Crippen LogP contribution in [0.1, 0.15) is 24.1 Å². The second-order valence-electron chi connectivity index (χ2n) is 3.31. The molecule has 1 aliphatic rings. The van der Waals surface area contributed by atoms with Crippen LogP contribution in [0.25, 0.3) is 0 Å². The molecule has 0 bridgehead atoms. The van der Waals surface area contributed by atoms with Gasteiger partial charge in [0.15, 0.2) is 0 Å². The molecule has 1 atom stereocenters. The van der Waals surface area contributed by atoms with Crippen molar-refractivity contribution in [2.75, 3.05) is 6.54 Å². The van der Waals surface area contributed by atoms with Gasteiger partial charge in [-0.15, -0.1) is 17.0 Å². The summed E-state index contributed by atoms with van der Waals surface area (Å²) in [5.41, 5.74) is 2.60. The van der Waals surface area contributed by atoms with Crippen molar-refractivity contribution >= 4 is 17.0 Å². The fourth-order valence-corrected chi connectivity index (χ4v) is 1.76. The maximum absolute atomic E-state index is 9.25. The summed E-state index contributed by atoms with van der Waals surface area (Å²) in [4.78, 5) is 0. The molecule has 13 heavy (non-hydrogen) atoms. The first kappa shape index (κ1) is 10.5. The number of benzene rings is 1. The van der Waals surface area contributed by atoms with Crippen molar-refractivity contribution in [1.82, 2.24) is 5.32 Å². The molecule has 0 spiro atoms. The van der Waals surface area contributed by atoms with Gasteiger partial charge in [0.2, 0.25) is 0 Å². The van der Waals surface area contributed by atoms with Crippen molar-refractivity contribution in [2.45, 2.75) is 19.4 Å². The van der Waals surface area contributed by atoms with Crippen LogP contribution >= 0.6 is 17.0 Å². The number of hydrogen-bond donors (Lipinski definition) is 2. The summed E-state index contributed by atoms with van der Waals surface area (Å²) in [7, 11) is 0. The van der Waals surface area contributed by atoms with E-state index in [2.05, 4.69) is 12.2 Å². The molecule has 72 valence electrons. The SMILES string of the molecule is Br.C[C@H]1NCCc2cc(O)ccc21. The first-order chi connectivity index (χ1) is 5.77. The number of hydrogen-bond acceptors (Lipinski definition) is 2. The van der Waals surface area contributed by atoms with Gasteiger partial charge in [0.05, 0.1) is 0 Å². The predicted octanol–water partition coefficient (Wildman–Crippen LogP) is 2.18. The Morgan fingerprint density at radius 1 is 1.46 bits per heavy atom. The lowest BCUT2D eigenvalue weighted by atomic mass is 9.95. The van der Waals surface area contributed by atoms with E-state index < -0.39 is 0 Å². The molecule has 1 aromatic rings. The normalized spacial score (nSPS) is 20.2. The molecule has 0 amide bonds. The van der Waals surface area contributed by atoms with E-state index in [4.69, 9.17) is 0 Å². The lowest BCUT2D eigenvalue weighted by Crippen LogP contribution is -2.27. The van der Waals surface area contributed by atoms with Crippen LogP contribution in [-0.4, -0.2) is 11.7 Å². The van der Waals surface area contributed by atoms with Crippen LogP contribution in [-0.2, 0) is 6.42 Å². The van der Waals surface area contributed by atoms with Crippen molar-refractivity contribution < 1.29 is 5.11 Å². The van der Waals surface area contributed by atoms with Gasteiger partial charge in [-0.25, -0.2) is 0 Å². The monoisotopic (exact) mass is 243 g/mol. The number of phenols is 1. The van der Waals surface area contributed by atoms with Crippen molar-refractivity contribution in [3.8, 4) is 5.75 Å². The van der Waals surface area contributed by atoms with E-state index in [1.807, 2.05) is 12.1 Å². The summed E-state index contributed by atoms with van der Waals surface area (Å²) >= 11 is 0. The Balaban J connectivity index is 0.000000845. The van der Waals surface area contributed by atoms with Crippen LogP contribution in [0.15, 0.2) is 18.2 Å². The Kier molecular flexibility index (Phi) is 3.33. The minimum atomic E-state index is 0. The number of aromatic hydroxyl groups is 1. The van der Waals surface area contributed by atoms with E-state index in [0.29, 0.717) is 11.8 Å². The van der Waals surface area contributed by atoms with Gasteiger partial charge >= 0.3 is 0 Å². The fraction of sp³-hybridized carbons (Fsp3) is 0.400. The number of fused-ring (bicyclic) bond motifs is 1. The largest absolute Gasteiger partial charge is 0.508 e. The molecule has 1 aliphatic heterocycles. The fourth-order valence-electron chi connectivity index (χ4n) is 1.76. The van der Waals surface area contributed by atoms with Crippen LogP contribution in [0.3, 0.4) is 0 Å². The highest BCUT2D eigenvalue weighted by Gasteiger charge is 2.14. The van der Waals surface area contributed by atoms with E-state index in [0.717, 1.165) is 13.0 Å². The van der Waals surface area contributed by atoms with Crippen molar-refractivity contribution in [1.29, 1.82) is 0 Å². The van der Waals surface area contributed by atoms with E-state index >= 15 is 0 Å². The molecular weight excluding hydrogens is 230 g/mol. The number of halogens is 1. The summed E-state index contributed by atoms with van der Waals surface area (Å²) in [6, 6.07) is 6.05. The molecule has 3 heteroatoms. The van der Waals surface area contributed by atoms with Gasteiger partial charge in [-0.2, -0.15) is 0 Å². The van der Waals surface area contributed by atoms with Crippen LogP contribution in [0, 0.1) is 0 Å². The van der Waals surface area contributed by atoms with Gasteiger partial charge in [-0.3, -0.25) is 0 Å². The summed E-state index contributed by atoms with van der Waals surface area (Å²) in [5.74, 6) is 0.378. The van der Waals surface area contributed by atoms with Crippen LogP contribution in [0.5, 0.6) is 5.75 Å². The Labute approximate surface area is 88.7 Å². The molecule has 2 nitrogen and oxygen atoms in total. The maximum atomic E-state index is 9.25. The average molecular weight is 244 g/mol. The number of rotatable bonds is 0. The highest BCUT2D eigenvalue weighted by molar-refractivity contribution is 8.93. The zero-order valence-electron chi connectivity index (χ0n) is 7.58. The third-order valence-electron chi connectivity index (χ3n) is 2.44. The molecule has 1 aromatic carbocycles. The molecule has 0 saturated carbocycles. The molecule has 2 N–H and O–H groups in total. The zero-order valence-corrected chi connectivity index (χ0v) is 9.29. The highest BCUT2D eigenvalue weighted by atomic mass is 79.9. The van der Waals surface area contributed by atoms with Gasteiger partial charge in [-0.05, 0) is 43.1 Å². The van der Waals surface area contributed by atoms with E-state index in [-0.39, 0.29) is 17.0 Å². The molecule has 0 fully saturated rings. The summed E-state index contributed by atoms with van der Waals surface area (Å²) < 4.78 is 0. The molecule has 0 aliphatic carbocycles. The molecule has 2 rings (SSSR count). The second-order valence-corrected chi connectivity index (χ2v) is 3.31. The topological polar surface area (TPSA) is 32.3 Å². The molecular formula is C10H14BrNO. The minimum Gasteiger partial charge on any atom is -0.508 e. The third kappa shape index (κ3) is 2.03. The molecule has 0 unspecified atom stereocenters. The summed E-state index contributed by atoms with van der Waals surface area (Å²) in [5, 5.41) is 12.6. The van der Waals surface area contributed by atoms with Gasteiger partial charge in [-0.1, -0.05) is 6.07 Å². The second kappa shape index (κ2) is 4.11. The molecule has 1 heterocycles. The molecule has 0 saturated heterocycles. The Morgan fingerprint density at radius 3 is 3.00 bits per heavy atom. The van der Waals surface area contributed by atoms with Crippen LogP contribution in [0.2, 0.25) is 0 Å². The predicted molar refractivity (Wildman–Crippen MR) is 58.6 cm³/mol. The molecule has 0 radical (unpaired) electrons. The van der Waals surface area contributed by atoms with Crippen LogP contribution in [0.4, 0.5) is 0 Å². The minimum absolute atomic E-state index is 0. The first-order valence-electron chi connectivity index (χ1n) is 4.32. The Hall–Kier alpha value is -0.540. The lowest BCUT2D eigenvalue weighted by molar-refractivity contribution is 0.470. The van der Waals surface area contributed by atoms with Crippen molar-refractivity contribution in [3.63, 3.8) is 0 Å². The van der Waals surface area contributed by atoms with E-state index in [1.54, 1.807) is 6.07 Å². The Morgan fingerprint density at radius 2 is 2.23 bits per heavy atom. The maximum Gasteiger partial charge on any atom is 0.115 e. The number of phenolic OH excluding ortho intramolecular Hbond substituents is 1. The van der Waals surface area contributed by atoms with Gasteiger partial charge in [0.1, 0.15) is 5.75 Å². The first-order valence-corrected chi connectivity index (χ1v) is 4.32. The number of nitrogens with one attached hydrogen (secondary N) is 1. The average Bonchev–Trinajstić information content (AvgIpc) is 2.04.